The molecule has 2 saturated heterocycles. The van der Waals surface area contributed by atoms with Gasteiger partial charge in [-0.15, -0.1) is 0 Å². The summed E-state index contributed by atoms with van der Waals surface area (Å²) in [5.41, 5.74) is 3.10. The maximum absolute atomic E-state index is 13.6. The third-order valence-electron chi connectivity index (χ3n) is 8.61. The standard InChI is InChI=1S/C30H30FN9O3S2/c1-3-21-28(36(2)29-34-26(23(12-32)44-29)17-6-8-18(31)9-7-17)40-30(33-21)45-27(35-40)20-11-24(39-10-4-5-22(20)39)38(16-41)15-25(43)37-13-19(42)14-37/h5-9,16,19-20,24,42H,3-4,10-11,13-15H2,1-2H3/t20-,24?/m1/s1. The van der Waals surface area contributed by atoms with Crippen molar-refractivity contribution in [1.82, 2.24) is 34.3 Å². The molecule has 2 atom stereocenters. The first-order valence-electron chi connectivity index (χ1n) is 14.7. The summed E-state index contributed by atoms with van der Waals surface area (Å²) in [6.07, 6.45) is 4.27. The van der Waals surface area contributed by atoms with E-state index in [0.717, 1.165) is 46.6 Å². The number of fused-ring (bicyclic) bond motifs is 2. The summed E-state index contributed by atoms with van der Waals surface area (Å²) >= 11 is 2.75. The van der Waals surface area contributed by atoms with Crippen molar-refractivity contribution in [3.05, 3.63) is 57.4 Å². The lowest BCUT2D eigenvalue weighted by atomic mass is 10.1. The van der Waals surface area contributed by atoms with Crippen LogP contribution in [0.5, 0.6) is 0 Å². The maximum Gasteiger partial charge on any atom is 0.242 e. The van der Waals surface area contributed by atoms with Crippen molar-refractivity contribution in [2.24, 2.45) is 0 Å². The molecule has 12 nitrogen and oxygen atoms in total. The average molecular weight is 648 g/mol. The van der Waals surface area contributed by atoms with E-state index >= 15 is 0 Å². The van der Waals surface area contributed by atoms with Crippen LogP contribution in [0.4, 0.5) is 15.3 Å². The van der Waals surface area contributed by atoms with Crippen LogP contribution in [0.1, 0.15) is 41.3 Å². The van der Waals surface area contributed by atoms with Gasteiger partial charge in [0.05, 0.1) is 17.7 Å². The normalized spacial score (nSPS) is 19.4. The van der Waals surface area contributed by atoms with E-state index in [1.54, 1.807) is 21.9 Å². The molecule has 0 radical (unpaired) electrons. The van der Waals surface area contributed by atoms with Crippen LogP contribution in [-0.4, -0.2) is 97.2 Å². The Hall–Kier alpha value is -4.39. The number of halogens is 1. The minimum absolute atomic E-state index is 0.0359. The maximum atomic E-state index is 13.6. The van der Waals surface area contributed by atoms with Gasteiger partial charge >= 0.3 is 0 Å². The lowest BCUT2D eigenvalue weighted by molar-refractivity contribution is -0.146. The Bertz CT molecular complexity index is 1850. The second-order valence-electron chi connectivity index (χ2n) is 11.3. The molecule has 4 aromatic rings. The Morgan fingerprint density at radius 2 is 2.02 bits per heavy atom. The highest BCUT2D eigenvalue weighted by molar-refractivity contribution is 7.17. The number of benzene rings is 1. The molecular weight excluding hydrogens is 618 g/mol. The van der Waals surface area contributed by atoms with Crippen LogP contribution >= 0.6 is 22.7 Å². The highest BCUT2D eigenvalue weighted by Gasteiger charge is 2.44. The van der Waals surface area contributed by atoms with Gasteiger partial charge in [-0.05, 0) is 37.1 Å². The van der Waals surface area contributed by atoms with E-state index in [2.05, 4.69) is 17.0 Å². The molecular formula is C30H30FN9O3S2. The predicted octanol–water partition coefficient (Wildman–Crippen LogP) is 3.32. The molecule has 2 fully saturated rings. The average Bonchev–Trinajstić information content (AvgIpc) is 3.84. The zero-order chi connectivity index (χ0) is 31.4. The molecule has 1 aromatic carbocycles. The van der Waals surface area contributed by atoms with Crippen LogP contribution in [0.3, 0.4) is 0 Å². The van der Waals surface area contributed by atoms with Gasteiger partial charge < -0.3 is 24.7 Å². The third-order valence-corrected chi connectivity index (χ3v) is 10.7. The number of β-amino-alcohol motifs (C(OH)–C–C–N with tert-alkyl or cyclic N) is 1. The molecule has 1 unspecified atom stereocenters. The van der Waals surface area contributed by atoms with Crippen molar-refractivity contribution in [2.45, 2.75) is 44.4 Å². The van der Waals surface area contributed by atoms with Crippen LogP contribution in [0.25, 0.3) is 16.2 Å². The number of nitriles is 1. The van der Waals surface area contributed by atoms with Crippen LogP contribution in [-0.2, 0) is 16.0 Å². The number of hydrogen-bond acceptors (Lipinski definition) is 11. The number of likely N-dealkylation sites (tertiary alicyclic amines) is 1. The molecule has 232 valence electrons. The Morgan fingerprint density at radius 1 is 1.24 bits per heavy atom. The van der Waals surface area contributed by atoms with E-state index in [1.165, 1.54) is 34.8 Å². The number of carbonyl (C=O) groups excluding carboxylic acids is 2. The monoisotopic (exact) mass is 647 g/mol. The lowest BCUT2D eigenvalue weighted by Crippen LogP contribution is -2.57. The lowest BCUT2D eigenvalue weighted by Gasteiger charge is -2.38. The number of rotatable bonds is 9. The van der Waals surface area contributed by atoms with Gasteiger partial charge in [0, 0.05) is 44.4 Å². The minimum atomic E-state index is -0.496. The topological polar surface area (TPSA) is 134 Å². The van der Waals surface area contributed by atoms with E-state index in [1.807, 2.05) is 23.4 Å². The smallest absolute Gasteiger partial charge is 0.242 e. The molecule has 1 N–H and O–H groups in total. The fourth-order valence-electron chi connectivity index (χ4n) is 6.32. The minimum Gasteiger partial charge on any atom is -0.389 e. The van der Waals surface area contributed by atoms with Gasteiger partial charge in [0.1, 0.15) is 40.2 Å². The number of hydrogen-bond donors (Lipinski definition) is 1. The quantitative estimate of drug-likeness (QED) is 0.272. The number of allylic oxidation sites excluding steroid dienone is 1. The van der Waals surface area contributed by atoms with Crippen molar-refractivity contribution in [1.29, 1.82) is 5.26 Å². The molecule has 0 saturated carbocycles. The number of imidazole rings is 1. The Morgan fingerprint density at radius 3 is 2.71 bits per heavy atom. The first-order chi connectivity index (χ1) is 21.8. The van der Waals surface area contributed by atoms with E-state index in [4.69, 9.17) is 15.1 Å². The third kappa shape index (κ3) is 5.02. The fraction of sp³-hybridized carbons (Fsp3) is 0.400. The number of aliphatic hydroxyl groups excluding tert-OH is 1. The van der Waals surface area contributed by atoms with Gasteiger partial charge in [-0.1, -0.05) is 35.7 Å². The first-order valence-corrected chi connectivity index (χ1v) is 16.3. The molecule has 3 aliphatic heterocycles. The summed E-state index contributed by atoms with van der Waals surface area (Å²) in [7, 11) is 1.87. The zero-order valence-corrected chi connectivity index (χ0v) is 26.3. The van der Waals surface area contributed by atoms with Crippen molar-refractivity contribution < 1.29 is 19.1 Å². The molecule has 6 heterocycles. The number of aliphatic hydroxyl groups is 1. The fourth-order valence-corrected chi connectivity index (χ4v) is 8.21. The Labute approximate surface area is 266 Å². The summed E-state index contributed by atoms with van der Waals surface area (Å²) in [4.78, 5) is 43.0. The highest BCUT2D eigenvalue weighted by Crippen LogP contribution is 2.46. The number of amides is 2. The number of carbonyl (C=O) groups is 2. The molecule has 3 aliphatic rings. The SMILES string of the molecule is CCc1nc2sc([C@@H]3CC(N(C=O)CC(=O)N4CC(O)C4)N4CCC=C34)nn2c1N(C)c1nc(-c2ccc(F)cc2)c(C#N)s1. The predicted molar refractivity (Wildman–Crippen MR) is 166 cm³/mol. The van der Waals surface area contributed by atoms with E-state index in [9.17, 15) is 24.3 Å². The van der Waals surface area contributed by atoms with Crippen molar-refractivity contribution >= 4 is 50.9 Å². The second kappa shape index (κ2) is 11.5. The Kier molecular flexibility index (Phi) is 7.50. The molecule has 0 bridgehead atoms. The summed E-state index contributed by atoms with van der Waals surface area (Å²) in [5.74, 6) is 0.161. The number of nitrogens with zero attached hydrogens (tertiary/aromatic N) is 9. The van der Waals surface area contributed by atoms with E-state index in [0.29, 0.717) is 47.2 Å². The molecule has 2 amide bonds. The van der Waals surface area contributed by atoms with E-state index in [-0.39, 0.29) is 30.4 Å². The van der Waals surface area contributed by atoms with Gasteiger partial charge in [0.25, 0.3) is 0 Å². The summed E-state index contributed by atoms with van der Waals surface area (Å²) in [5, 5.41) is 25.9. The van der Waals surface area contributed by atoms with Gasteiger partial charge in [-0.2, -0.15) is 14.9 Å². The van der Waals surface area contributed by atoms with Crippen LogP contribution in [0, 0.1) is 17.1 Å². The van der Waals surface area contributed by atoms with E-state index < -0.39 is 6.10 Å². The van der Waals surface area contributed by atoms with Crippen molar-refractivity contribution in [3.63, 3.8) is 0 Å². The summed E-state index contributed by atoms with van der Waals surface area (Å²) < 4.78 is 15.4. The van der Waals surface area contributed by atoms with Gasteiger partial charge in [-0.25, -0.2) is 14.4 Å². The van der Waals surface area contributed by atoms with Crippen LogP contribution < -0.4 is 4.90 Å². The summed E-state index contributed by atoms with van der Waals surface area (Å²) in [6.45, 7) is 3.35. The zero-order valence-electron chi connectivity index (χ0n) is 24.6. The van der Waals surface area contributed by atoms with Crippen LogP contribution in [0.15, 0.2) is 36.0 Å². The molecule has 45 heavy (non-hydrogen) atoms. The van der Waals surface area contributed by atoms with Gasteiger partial charge in [0.2, 0.25) is 17.3 Å². The van der Waals surface area contributed by atoms with Crippen molar-refractivity contribution in [2.75, 3.05) is 38.1 Å². The summed E-state index contributed by atoms with van der Waals surface area (Å²) in [6, 6.07) is 8.16. The number of anilines is 2. The van der Waals surface area contributed by atoms with Gasteiger partial charge in [-0.3, -0.25) is 9.59 Å². The highest BCUT2D eigenvalue weighted by atomic mass is 32.1. The molecule has 0 spiro atoms. The molecule has 7 rings (SSSR count). The number of aryl methyl sites for hydroxylation is 1. The molecule has 15 heteroatoms. The number of thiazole rings is 1. The number of aromatic nitrogens is 4. The second-order valence-corrected chi connectivity index (χ2v) is 13.3. The largest absolute Gasteiger partial charge is 0.389 e. The Balaban J connectivity index is 1.18. The van der Waals surface area contributed by atoms with Crippen LogP contribution in [0.2, 0.25) is 0 Å². The molecule has 3 aromatic heterocycles. The first kappa shape index (κ1) is 29.3. The van der Waals surface area contributed by atoms with Crippen molar-refractivity contribution in [3.8, 4) is 17.3 Å². The van der Waals surface area contributed by atoms with Gasteiger partial charge in [0.15, 0.2) is 10.9 Å². The molecule has 0 aliphatic carbocycles.